The predicted octanol–water partition coefficient (Wildman–Crippen LogP) is 0.0576. The van der Waals surface area contributed by atoms with E-state index < -0.39 is 15.6 Å². The van der Waals surface area contributed by atoms with Gasteiger partial charge in [0, 0.05) is 0 Å². The summed E-state index contributed by atoms with van der Waals surface area (Å²) in [6, 6.07) is 5.70. The molecule has 0 aliphatic heterocycles. The van der Waals surface area contributed by atoms with Crippen molar-refractivity contribution in [3.8, 4) is 0 Å². The van der Waals surface area contributed by atoms with Crippen molar-refractivity contribution in [2.45, 2.75) is 12.0 Å². The molecule has 1 aromatic carbocycles. The van der Waals surface area contributed by atoms with Crippen molar-refractivity contribution in [1.29, 1.82) is 0 Å². The van der Waals surface area contributed by atoms with Gasteiger partial charge >= 0.3 is 0 Å². The maximum absolute atomic E-state index is 10.6. The van der Waals surface area contributed by atoms with E-state index in [1.54, 1.807) is 6.07 Å². The first-order chi connectivity index (χ1) is 6.45. The highest BCUT2D eigenvalue weighted by Gasteiger charge is 2.21. The van der Waals surface area contributed by atoms with Crippen LogP contribution < -0.4 is 0 Å². The number of rotatable bonds is 3. The van der Waals surface area contributed by atoms with Crippen LogP contribution in [0.3, 0.4) is 0 Å². The van der Waals surface area contributed by atoms with E-state index >= 15 is 0 Å². The van der Waals surface area contributed by atoms with E-state index in [2.05, 4.69) is 0 Å². The van der Waals surface area contributed by atoms with Crippen LogP contribution in [0.2, 0.25) is 0 Å². The van der Waals surface area contributed by atoms with Crippen LogP contribution >= 0.6 is 0 Å². The maximum atomic E-state index is 10.6. The van der Waals surface area contributed by atoms with Crippen LogP contribution in [0.5, 0.6) is 0 Å². The summed E-state index contributed by atoms with van der Waals surface area (Å²) in [4.78, 5) is 0. The molecule has 0 aromatic heterocycles. The Morgan fingerprint density at radius 2 is 2.00 bits per heavy atom. The van der Waals surface area contributed by atoms with Crippen LogP contribution in [0.25, 0.3) is 0 Å². The third kappa shape index (κ3) is 2.52. The lowest BCUT2D eigenvalue weighted by molar-refractivity contribution is 0.237. The molecule has 1 rings (SSSR count). The molecule has 78 valence electrons. The molecule has 0 aliphatic carbocycles. The molecule has 0 amide bonds. The van der Waals surface area contributed by atoms with Crippen molar-refractivity contribution in [3.63, 3.8) is 0 Å². The Labute approximate surface area is 81.4 Å². The first kappa shape index (κ1) is 11.1. The Morgan fingerprint density at radius 1 is 1.36 bits per heavy atom. The van der Waals surface area contributed by atoms with Crippen molar-refractivity contribution in [2.24, 2.45) is 0 Å². The van der Waals surface area contributed by atoms with E-state index in [1.165, 1.54) is 18.2 Å². The Kier molecular flexibility index (Phi) is 3.22. The van der Waals surface area contributed by atoms with Gasteiger partial charge in [0.05, 0.1) is 6.61 Å². The summed E-state index contributed by atoms with van der Waals surface area (Å²) >= 11 is 0. The summed E-state index contributed by atoms with van der Waals surface area (Å²) < 4.78 is 29.7. The molecule has 0 spiro atoms. The molecule has 1 unspecified atom stereocenters. The smallest absolute Gasteiger partial charge is 0.296 e. The average Bonchev–Trinajstić information content (AvgIpc) is 2.15. The summed E-state index contributed by atoms with van der Waals surface area (Å²) in [7, 11) is -4.51. The van der Waals surface area contributed by atoms with Gasteiger partial charge in [0.15, 0.2) is 0 Å². The Bertz CT molecular complexity index is 411. The van der Waals surface area contributed by atoms with Crippen LogP contribution in [0.1, 0.15) is 16.6 Å². The molecule has 0 fully saturated rings. The number of aliphatic hydroxyl groups is 2. The molecule has 1 atom stereocenters. The first-order valence-electron chi connectivity index (χ1n) is 3.79. The zero-order valence-electron chi connectivity index (χ0n) is 7.16. The monoisotopic (exact) mass is 218 g/mol. The molecular formula is C8H10O5S. The van der Waals surface area contributed by atoms with Crippen molar-refractivity contribution < 1.29 is 23.2 Å². The van der Waals surface area contributed by atoms with E-state index in [0.29, 0.717) is 5.56 Å². The molecule has 6 heteroatoms. The number of benzene rings is 1. The van der Waals surface area contributed by atoms with Crippen molar-refractivity contribution in [1.82, 2.24) is 0 Å². The predicted molar refractivity (Wildman–Crippen MR) is 48.9 cm³/mol. The fraction of sp³-hybridized carbons (Fsp3) is 0.250. The van der Waals surface area contributed by atoms with Gasteiger partial charge in [-0.2, -0.15) is 8.42 Å². The Hall–Kier alpha value is -0.950. The molecule has 5 nitrogen and oxygen atoms in total. The maximum Gasteiger partial charge on any atom is 0.296 e. The van der Waals surface area contributed by atoms with Gasteiger partial charge in [-0.15, -0.1) is 0 Å². The Balaban J connectivity index is 3.08. The van der Waals surface area contributed by atoms with Crippen molar-refractivity contribution in [3.05, 3.63) is 35.4 Å². The van der Waals surface area contributed by atoms with E-state index in [0.717, 1.165) is 0 Å². The molecule has 0 aliphatic rings. The molecule has 3 N–H and O–H groups in total. The molecule has 14 heavy (non-hydrogen) atoms. The molecule has 0 heterocycles. The lowest BCUT2D eigenvalue weighted by atomic mass is 10.1. The van der Waals surface area contributed by atoms with Crippen molar-refractivity contribution in [2.75, 3.05) is 0 Å². The fourth-order valence-corrected chi connectivity index (χ4v) is 1.51. The minimum Gasteiger partial charge on any atom is -0.392 e. The molecule has 1 aromatic rings. The largest absolute Gasteiger partial charge is 0.392 e. The molecular weight excluding hydrogens is 208 g/mol. The van der Waals surface area contributed by atoms with Crippen LogP contribution in [0.15, 0.2) is 24.3 Å². The lowest BCUT2D eigenvalue weighted by Gasteiger charge is -2.08. The summed E-state index contributed by atoms with van der Waals surface area (Å²) in [5.41, 5.74) is -1.47. The number of hydrogen-bond donors (Lipinski definition) is 3. The quantitative estimate of drug-likeness (QED) is 0.623. The van der Waals surface area contributed by atoms with Crippen LogP contribution in [-0.2, 0) is 16.7 Å². The van der Waals surface area contributed by atoms with E-state index in [4.69, 9.17) is 14.8 Å². The van der Waals surface area contributed by atoms with Gasteiger partial charge in [-0.3, -0.25) is 4.55 Å². The third-order valence-electron chi connectivity index (χ3n) is 1.70. The number of hydrogen-bond acceptors (Lipinski definition) is 4. The second kappa shape index (κ2) is 4.05. The third-order valence-corrected chi connectivity index (χ3v) is 2.54. The molecule has 0 radical (unpaired) electrons. The van der Waals surface area contributed by atoms with Gasteiger partial charge in [-0.25, -0.2) is 0 Å². The topological polar surface area (TPSA) is 94.8 Å². The van der Waals surface area contributed by atoms with Gasteiger partial charge in [-0.05, 0) is 17.2 Å². The van der Waals surface area contributed by atoms with Gasteiger partial charge in [0.2, 0.25) is 5.44 Å². The van der Waals surface area contributed by atoms with Crippen LogP contribution in [0, 0.1) is 0 Å². The van der Waals surface area contributed by atoms with E-state index in [9.17, 15) is 8.42 Å². The fourth-order valence-electron chi connectivity index (χ4n) is 1.02. The first-order valence-corrected chi connectivity index (χ1v) is 5.29. The van der Waals surface area contributed by atoms with Gasteiger partial charge < -0.3 is 10.2 Å². The summed E-state index contributed by atoms with van der Waals surface area (Å²) in [5, 5.41) is 17.9. The zero-order chi connectivity index (χ0) is 10.8. The highest BCUT2D eigenvalue weighted by Crippen LogP contribution is 2.19. The molecule has 0 saturated heterocycles. The SMILES string of the molecule is O=S(=O)(O)C(O)c1cccc(CO)c1. The van der Waals surface area contributed by atoms with Crippen LogP contribution in [0.4, 0.5) is 0 Å². The Morgan fingerprint density at radius 3 is 2.50 bits per heavy atom. The van der Waals surface area contributed by atoms with Crippen LogP contribution in [-0.4, -0.2) is 23.2 Å². The van der Waals surface area contributed by atoms with E-state index in [-0.39, 0.29) is 12.2 Å². The highest BCUT2D eigenvalue weighted by molar-refractivity contribution is 7.85. The summed E-state index contributed by atoms with van der Waals surface area (Å²) in [6.45, 7) is -0.258. The van der Waals surface area contributed by atoms with Gasteiger partial charge in [0.1, 0.15) is 0 Å². The summed E-state index contributed by atoms with van der Waals surface area (Å²) in [5.74, 6) is 0. The van der Waals surface area contributed by atoms with Gasteiger partial charge in [0.25, 0.3) is 10.1 Å². The van der Waals surface area contributed by atoms with E-state index in [1.807, 2.05) is 0 Å². The number of aliphatic hydroxyl groups excluding tert-OH is 2. The molecule has 0 saturated carbocycles. The summed E-state index contributed by atoms with van der Waals surface area (Å²) in [6.07, 6.45) is 0. The normalized spacial score (nSPS) is 13.9. The minimum atomic E-state index is -4.51. The standard InChI is InChI=1S/C8H10O5S/c9-5-6-2-1-3-7(4-6)8(10)14(11,12)13/h1-4,8-10H,5H2,(H,11,12,13). The zero-order valence-corrected chi connectivity index (χ0v) is 7.98. The highest BCUT2D eigenvalue weighted by atomic mass is 32.2. The van der Waals surface area contributed by atoms with Gasteiger partial charge in [-0.1, -0.05) is 18.2 Å². The average molecular weight is 218 g/mol. The minimum absolute atomic E-state index is 0.0269. The lowest BCUT2D eigenvalue weighted by Crippen LogP contribution is -2.11. The van der Waals surface area contributed by atoms with Crippen molar-refractivity contribution >= 4 is 10.1 Å². The second-order valence-electron chi connectivity index (χ2n) is 2.77. The molecule has 0 bridgehead atoms. The second-order valence-corrected chi connectivity index (χ2v) is 4.25.